The zero-order valence-electron chi connectivity index (χ0n) is 23.7. The van der Waals surface area contributed by atoms with E-state index < -0.39 is 28.5 Å². The van der Waals surface area contributed by atoms with E-state index in [1.54, 1.807) is 61.5 Å². The molecule has 0 heterocycles. The van der Waals surface area contributed by atoms with Crippen LogP contribution in [-0.4, -0.2) is 50.5 Å². The molecule has 41 heavy (non-hydrogen) atoms. The summed E-state index contributed by atoms with van der Waals surface area (Å²) < 4.78 is 29.0. The summed E-state index contributed by atoms with van der Waals surface area (Å²) >= 11 is 14.4. The minimum Gasteiger partial charge on any atom is -0.354 e. The Morgan fingerprint density at radius 2 is 1.51 bits per heavy atom. The van der Waals surface area contributed by atoms with Crippen LogP contribution < -0.4 is 9.62 Å². The van der Waals surface area contributed by atoms with Crippen molar-refractivity contribution < 1.29 is 18.0 Å². The van der Waals surface area contributed by atoms with Crippen LogP contribution in [0.2, 0.25) is 10.0 Å². The fourth-order valence-electron chi connectivity index (χ4n) is 4.00. The number of carbonyl (C=O) groups excluding carboxylic acids is 2. The van der Waals surface area contributed by atoms with Gasteiger partial charge in [0.05, 0.1) is 10.6 Å². The van der Waals surface area contributed by atoms with Gasteiger partial charge in [0, 0.05) is 33.6 Å². The second kappa shape index (κ2) is 14.4. The highest BCUT2D eigenvalue weighted by molar-refractivity contribution is 7.98. The molecule has 0 aliphatic carbocycles. The number of aryl methyl sites for hydroxylation is 1. The molecule has 11 heteroatoms. The van der Waals surface area contributed by atoms with Gasteiger partial charge in [-0.25, -0.2) is 8.42 Å². The monoisotopic (exact) mass is 635 g/mol. The third-order valence-corrected chi connectivity index (χ3v) is 9.73. The minimum absolute atomic E-state index is 0.0482. The molecule has 0 aliphatic heterocycles. The molecule has 1 unspecified atom stereocenters. The SMILES string of the molecule is CSc1ccc(S(=O)(=O)N(CC(=O)N(Cc2c(Cl)cccc2Cl)C(C)C(=O)NCC(C)C)c2ccc(C)cc2)cc1. The summed E-state index contributed by atoms with van der Waals surface area (Å²) in [7, 11) is -4.15. The van der Waals surface area contributed by atoms with Crippen molar-refractivity contribution in [1.82, 2.24) is 10.2 Å². The maximum Gasteiger partial charge on any atom is 0.264 e. The number of nitrogens with zero attached hydrogens (tertiary/aromatic N) is 2. The molecule has 3 rings (SSSR count). The fourth-order valence-corrected chi connectivity index (χ4v) is 6.34. The predicted molar refractivity (Wildman–Crippen MR) is 168 cm³/mol. The number of anilines is 1. The fraction of sp³-hybridized carbons (Fsp3) is 0.333. The van der Waals surface area contributed by atoms with E-state index in [0.717, 1.165) is 14.8 Å². The molecule has 0 radical (unpaired) electrons. The number of sulfonamides is 1. The van der Waals surface area contributed by atoms with Gasteiger partial charge in [-0.3, -0.25) is 13.9 Å². The van der Waals surface area contributed by atoms with Crippen LogP contribution in [0.25, 0.3) is 0 Å². The molecule has 1 N–H and O–H groups in total. The van der Waals surface area contributed by atoms with Gasteiger partial charge in [-0.15, -0.1) is 11.8 Å². The van der Waals surface area contributed by atoms with Crippen LogP contribution in [0.4, 0.5) is 5.69 Å². The first-order chi connectivity index (χ1) is 19.3. The van der Waals surface area contributed by atoms with Crippen molar-refractivity contribution in [3.63, 3.8) is 0 Å². The van der Waals surface area contributed by atoms with Crippen molar-refractivity contribution in [3.05, 3.63) is 87.9 Å². The Balaban J connectivity index is 2.05. The van der Waals surface area contributed by atoms with Gasteiger partial charge in [0.25, 0.3) is 10.0 Å². The number of nitrogens with one attached hydrogen (secondary N) is 1. The van der Waals surface area contributed by atoms with Crippen LogP contribution in [0, 0.1) is 12.8 Å². The number of halogens is 2. The van der Waals surface area contributed by atoms with Crippen LogP contribution in [0.15, 0.2) is 76.5 Å². The zero-order chi connectivity index (χ0) is 30.3. The number of thioether (sulfide) groups is 1. The van der Waals surface area contributed by atoms with Gasteiger partial charge >= 0.3 is 0 Å². The number of benzene rings is 3. The highest BCUT2D eigenvalue weighted by Crippen LogP contribution is 2.29. The summed E-state index contributed by atoms with van der Waals surface area (Å²) in [4.78, 5) is 29.4. The Morgan fingerprint density at radius 3 is 2.05 bits per heavy atom. The van der Waals surface area contributed by atoms with E-state index in [9.17, 15) is 18.0 Å². The second-order valence-corrected chi connectivity index (χ2v) is 13.6. The Hall–Kier alpha value is -2.72. The third kappa shape index (κ3) is 8.41. The van der Waals surface area contributed by atoms with Gasteiger partial charge in [-0.1, -0.05) is 60.8 Å². The number of amides is 2. The average molecular weight is 637 g/mol. The lowest BCUT2D eigenvalue weighted by Crippen LogP contribution is -2.51. The lowest BCUT2D eigenvalue weighted by Gasteiger charge is -2.32. The number of hydrogen-bond donors (Lipinski definition) is 1. The molecule has 3 aromatic rings. The summed E-state index contributed by atoms with van der Waals surface area (Å²) in [6.07, 6.45) is 1.90. The lowest BCUT2D eigenvalue weighted by molar-refractivity contribution is -0.139. The first kappa shape index (κ1) is 32.8. The highest BCUT2D eigenvalue weighted by atomic mass is 35.5. The van der Waals surface area contributed by atoms with E-state index >= 15 is 0 Å². The molecular weight excluding hydrogens is 601 g/mol. The van der Waals surface area contributed by atoms with Gasteiger partial charge in [-0.05, 0) is 74.6 Å². The van der Waals surface area contributed by atoms with Gasteiger partial charge in [0.2, 0.25) is 11.8 Å². The van der Waals surface area contributed by atoms with Gasteiger partial charge in [-0.2, -0.15) is 0 Å². The lowest BCUT2D eigenvalue weighted by atomic mass is 10.1. The zero-order valence-corrected chi connectivity index (χ0v) is 26.9. The average Bonchev–Trinajstić information content (AvgIpc) is 2.94. The van der Waals surface area contributed by atoms with Crippen LogP contribution in [0.3, 0.4) is 0 Å². The van der Waals surface area contributed by atoms with Crippen LogP contribution >= 0.6 is 35.0 Å². The molecule has 1 atom stereocenters. The Morgan fingerprint density at radius 1 is 0.927 bits per heavy atom. The molecule has 0 aromatic heterocycles. The maximum absolute atomic E-state index is 14.0. The normalized spacial score (nSPS) is 12.2. The van der Waals surface area contributed by atoms with Crippen molar-refractivity contribution in [1.29, 1.82) is 0 Å². The Kier molecular flexibility index (Phi) is 11.6. The molecule has 2 amide bonds. The first-order valence-corrected chi connectivity index (χ1v) is 16.5. The number of rotatable bonds is 12. The molecular formula is C30H35Cl2N3O4S2. The standard InChI is InChI=1S/C30H35Cl2N3O4S2/c1-20(2)17-33-30(37)22(4)34(18-26-27(31)7-6-8-28(26)32)29(36)19-35(23-11-9-21(3)10-12-23)41(38,39)25-15-13-24(40-5)14-16-25/h6-16,20,22H,17-19H2,1-5H3,(H,33,37). The maximum atomic E-state index is 14.0. The van der Waals surface area contributed by atoms with Gasteiger partial charge < -0.3 is 10.2 Å². The van der Waals surface area contributed by atoms with Crippen molar-refractivity contribution in [3.8, 4) is 0 Å². The van der Waals surface area contributed by atoms with E-state index in [1.165, 1.54) is 28.8 Å². The summed E-state index contributed by atoms with van der Waals surface area (Å²) in [5.74, 6) is -0.751. The van der Waals surface area contributed by atoms with Crippen molar-refractivity contribution >= 4 is 62.5 Å². The summed E-state index contributed by atoms with van der Waals surface area (Å²) in [5, 5.41) is 3.53. The topological polar surface area (TPSA) is 86.8 Å². The van der Waals surface area contributed by atoms with Crippen molar-refractivity contribution in [2.24, 2.45) is 5.92 Å². The molecule has 0 aliphatic rings. The van der Waals surface area contributed by atoms with Crippen molar-refractivity contribution in [2.75, 3.05) is 23.7 Å². The van der Waals surface area contributed by atoms with Crippen LogP contribution in [0.5, 0.6) is 0 Å². The summed E-state index contributed by atoms with van der Waals surface area (Å²) in [5.41, 5.74) is 1.72. The van der Waals surface area contributed by atoms with Crippen molar-refractivity contribution in [2.45, 2.75) is 50.1 Å². The second-order valence-electron chi connectivity index (χ2n) is 10.1. The quantitative estimate of drug-likeness (QED) is 0.232. The molecule has 0 spiro atoms. The molecule has 0 bridgehead atoms. The molecule has 220 valence electrons. The smallest absolute Gasteiger partial charge is 0.264 e. The van der Waals surface area contributed by atoms with E-state index in [2.05, 4.69) is 5.32 Å². The molecule has 3 aromatic carbocycles. The highest BCUT2D eigenvalue weighted by Gasteiger charge is 2.33. The van der Waals surface area contributed by atoms with E-state index in [0.29, 0.717) is 27.8 Å². The summed E-state index contributed by atoms with van der Waals surface area (Å²) in [6.45, 7) is 7.22. The Labute approximate surface area is 257 Å². The molecule has 0 saturated carbocycles. The number of carbonyl (C=O) groups is 2. The van der Waals surface area contributed by atoms with Gasteiger partial charge in [0.1, 0.15) is 12.6 Å². The van der Waals surface area contributed by atoms with Crippen LogP contribution in [0.1, 0.15) is 31.9 Å². The third-order valence-electron chi connectivity index (χ3n) is 6.49. The van der Waals surface area contributed by atoms with E-state index in [4.69, 9.17) is 23.2 Å². The summed E-state index contributed by atoms with van der Waals surface area (Å²) in [6, 6.07) is 17.4. The molecule has 7 nitrogen and oxygen atoms in total. The minimum atomic E-state index is -4.15. The molecule has 0 fully saturated rings. The van der Waals surface area contributed by atoms with Crippen LogP contribution in [-0.2, 0) is 26.2 Å². The Bertz CT molecular complexity index is 1440. The first-order valence-electron chi connectivity index (χ1n) is 13.1. The van der Waals surface area contributed by atoms with E-state index in [1.807, 2.05) is 27.0 Å². The predicted octanol–water partition coefficient (Wildman–Crippen LogP) is 6.41. The number of hydrogen-bond acceptors (Lipinski definition) is 5. The van der Waals surface area contributed by atoms with E-state index in [-0.39, 0.29) is 23.3 Å². The molecule has 0 saturated heterocycles. The van der Waals surface area contributed by atoms with Gasteiger partial charge in [0.15, 0.2) is 0 Å². The largest absolute Gasteiger partial charge is 0.354 e.